The second kappa shape index (κ2) is 7.84. The molecule has 0 unspecified atom stereocenters. The van der Waals surface area contributed by atoms with Crippen LogP contribution in [0.25, 0.3) is 0 Å². The Bertz CT molecular complexity index is 399. The molecule has 0 bridgehead atoms. The van der Waals surface area contributed by atoms with Crippen LogP contribution in [-0.2, 0) is 4.74 Å². The highest BCUT2D eigenvalue weighted by molar-refractivity contribution is 5.69. The fourth-order valence-electron chi connectivity index (χ4n) is 1.68. The Morgan fingerprint density at radius 3 is 2.63 bits per heavy atom. The summed E-state index contributed by atoms with van der Waals surface area (Å²) in [7, 11) is 1.90. The van der Waals surface area contributed by atoms with E-state index in [1.807, 2.05) is 25.8 Å². The van der Waals surface area contributed by atoms with Crippen molar-refractivity contribution in [3.63, 3.8) is 0 Å². The van der Waals surface area contributed by atoms with Crippen LogP contribution in [0.1, 0.15) is 20.3 Å². The molecule has 0 radical (unpaired) electrons. The first-order valence-electron chi connectivity index (χ1n) is 6.60. The van der Waals surface area contributed by atoms with Crippen LogP contribution in [0.2, 0.25) is 0 Å². The van der Waals surface area contributed by atoms with Gasteiger partial charge in [0.15, 0.2) is 11.6 Å². The Kier molecular flexibility index (Phi) is 6.42. The second-order valence-corrected chi connectivity index (χ2v) is 4.31. The molecule has 19 heavy (non-hydrogen) atoms. The van der Waals surface area contributed by atoms with Crippen molar-refractivity contribution in [2.24, 2.45) is 0 Å². The monoisotopic (exact) mass is 270 g/mol. The van der Waals surface area contributed by atoms with Crippen molar-refractivity contribution in [2.45, 2.75) is 20.3 Å². The van der Waals surface area contributed by atoms with E-state index in [4.69, 9.17) is 15.2 Å². The minimum Gasteiger partial charge on any atom is -0.490 e. The van der Waals surface area contributed by atoms with Gasteiger partial charge in [-0.15, -0.1) is 0 Å². The molecule has 0 atom stereocenters. The third-order valence-electron chi connectivity index (χ3n) is 2.73. The lowest BCUT2D eigenvalue weighted by molar-refractivity contribution is 0.154. The maximum absolute atomic E-state index is 13.7. The van der Waals surface area contributed by atoms with Crippen LogP contribution in [0.15, 0.2) is 12.1 Å². The molecule has 0 amide bonds. The average Bonchev–Trinajstić information content (AvgIpc) is 2.38. The number of rotatable bonds is 8. The van der Waals surface area contributed by atoms with Crippen LogP contribution >= 0.6 is 0 Å². The summed E-state index contributed by atoms with van der Waals surface area (Å²) in [4.78, 5) is 1.93. The highest BCUT2D eigenvalue weighted by Crippen LogP contribution is 2.30. The molecule has 5 heteroatoms. The largest absolute Gasteiger partial charge is 0.490 e. The van der Waals surface area contributed by atoms with Gasteiger partial charge in [0, 0.05) is 32.3 Å². The quantitative estimate of drug-likeness (QED) is 0.583. The fraction of sp³-hybridized carbons (Fsp3) is 0.571. The number of hydrogen-bond acceptors (Lipinski definition) is 4. The topological polar surface area (TPSA) is 47.7 Å². The summed E-state index contributed by atoms with van der Waals surface area (Å²) >= 11 is 0. The molecule has 0 aliphatic heterocycles. The van der Waals surface area contributed by atoms with E-state index in [9.17, 15) is 4.39 Å². The number of nitrogen functional groups attached to an aromatic ring is 1. The van der Waals surface area contributed by atoms with Crippen molar-refractivity contribution < 1.29 is 13.9 Å². The van der Waals surface area contributed by atoms with Gasteiger partial charge in [0.05, 0.1) is 24.6 Å². The SMILES string of the molecule is CCCOc1cc(N(C)CCOCC)c(N)cc1F. The first-order valence-corrected chi connectivity index (χ1v) is 6.60. The number of nitrogens with zero attached hydrogens (tertiary/aromatic N) is 1. The molecular weight excluding hydrogens is 247 g/mol. The van der Waals surface area contributed by atoms with Gasteiger partial charge in [0.1, 0.15) is 0 Å². The van der Waals surface area contributed by atoms with Gasteiger partial charge >= 0.3 is 0 Å². The predicted molar refractivity (Wildman–Crippen MR) is 76.4 cm³/mol. The summed E-state index contributed by atoms with van der Waals surface area (Å²) in [5.74, 6) is -0.179. The van der Waals surface area contributed by atoms with E-state index in [2.05, 4.69) is 0 Å². The molecule has 4 nitrogen and oxygen atoms in total. The van der Waals surface area contributed by atoms with Crippen LogP contribution < -0.4 is 15.4 Å². The number of anilines is 2. The molecular formula is C14H23FN2O2. The molecule has 0 saturated carbocycles. The Morgan fingerprint density at radius 2 is 2.00 bits per heavy atom. The van der Waals surface area contributed by atoms with Crippen LogP contribution in [0, 0.1) is 5.82 Å². The minimum atomic E-state index is -0.423. The Labute approximate surface area is 114 Å². The van der Waals surface area contributed by atoms with Gasteiger partial charge in [-0.05, 0) is 13.3 Å². The van der Waals surface area contributed by atoms with Crippen molar-refractivity contribution in [1.82, 2.24) is 0 Å². The molecule has 0 spiro atoms. The zero-order valence-electron chi connectivity index (χ0n) is 11.9. The zero-order chi connectivity index (χ0) is 14.3. The lowest BCUT2D eigenvalue weighted by Crippen LogP contribution is -2.23. The number of halogens is 1. The molecule has 1 rings (SSSR count). The molecule has 2 N–H and O–H groups in total. The van der Waals surface area contributed by atoms with Gasteiger partial charge in [-0.1, -0.05) is 6.92 Å². The Balaban J connectivity index is 2.80. The van der Waals surface area contributed by atoms with E-state index in [1.54, 1.807) is 6.07 Å². The molecule has 0 aliphatic rings. The van der Waals surface area contributed by atoms with Crippen molar-refractivity contribution in [2.75, 3.05) is 44.0 Å². The Hall–Kier alpha value is -1.49. The van der Waals surface area contributed by atoms with Gasteiger partial charge < -0.3 is 20.1 Å². The molecule has 0 saturated heterocycles. The lowest BCUT2D eigenvalue weighted by atomic mass is 10.2. The maximum atomic E-state index is 13.7. The van der Waals surface area contributed by atoms with E-state index < -0.39 is 5.82 Å². The number of hydrogen-bond donors (Lipinski definition) is 1. The van der Waals surface area contributed by atoms with Crippen molar-refractivity contribution in [3.8, 4) is 5.75 Å². The molecule has 0 aromatic heterocycles. The molecule has 0 heterocycles. The third-order valence-corrected chi connectivity index (χ3v) is 2.73. The van der Waals surface area contributed by atoms with Gasteiger partial charge in [-0.25, -0.2) is 4.39 Å². The van der Waals surface area contributed by atoms with Crippen LogP contribution in [0.3, 0.4) is 0 Å². The van der Waals surface area contributed by atoms with Crippen molar-refractivity contribution in [3.05, 3.63) is 17.9 Å². The molecule has 108 valence electrons. The smallest absolute Gasteiger partial charge is 0.167 e. The van der Waals surface area contributed by atoms with E-state index in [0.29, 0.717) is 32.1 Å². The maximum Gasteiger partial charge on any atom is 0.167 e. The van der Waals surface area contributed by atoms with Crippen LogP contribution in [-0.4, -0.2) is 33.4 Å². The number of nitrogens with two attached hydrogens (primary N) is 1. The van der Waals surface area contributed by atoms with Crippen molar-refractivity contribution in [1.29, 1.82) is 0 Å². The van der Waals surface area contributed by atoms with Gasteiger partial charge in [0.2, 0.25) is 0 Å². The average molecular weight is 270 g/mol. The molecule has 0 aliphatic carbocycles. The van der Waals surface area contributed by atoms with Gasteiger partial charge in [-0.3, -0.25) is 0 Å². The minimum absolute atomic E-state index is 0.245. The summed E-state index contributed by atoms with van der Waals surface area (Å²) in [6, 6.07) is 2.95. The highest BCUT2D eigenvalue weighted by atomic mass is 19.1. The zero-order valence-corrected chi connectivity index (χ0v) is 11.9. The number of likely N-dealkylation sites (N-methyl/N-ethyl adjacent to an activating group) is 1. The predicted octanol–water partition coefficient (Wildman–Crippen LogP) is 2.67. The van der Waals surface area contributed by atoms with Crippen LogP contribution in [0.4, 0.5) is 15.8 Å². The second-order valence-electron chi connectivity index (χ2n) is 4.31. The first kappa shape index (κ1) is 15.6. The summed E-state index contributed by atoms with van der Waals surface area (Å²) in [5.41, 5.74) is 7.01. The van der Waals surface area contributed by atoms with E-state index in [1.165, 1.54) is 6.07 Å². The standard InChI is InChI=1S/C14H23FN2O2/c1-4-7-19-14-10-13(12(16)9-11(14)15)17(3)6-8-18-5-2/h9-10H,4-8,16H2,1-3H3. The van der Waals surface area contributed by atoms with E-state index >= 15 is 0 Å². The fourth-order valence-corrected chi connectivity index (χ4v) is 1.68. The summed E-state index contributed by atoms with van der Waals surface area (Å²) in [5, 5.41) is 0. The summed E-state index contributed by atoms with van der Waals surface area (Å²) < 4.78 is 24.3. The summed E-state index contributed by atoms with van der Waals surface area (Å²) in [6.07, 6.45) is 0.833. The summed E-state index contributed by atoms with van der Waals surface area (Å²) in [6.45, 7) is 6.39. The number of ether oxygens (including phenoxy) is 2. The van der Waals surface area contributed by atoms with Crippen LogP contribution in [0.5, 0.6) is 5.75 Å². The number of benzene rings is 1. The highest BCUT2D eigenvalue weighted by Gasteiger charge is 2.12. The van der Waals surface area contributed by atoms with Crippen molar-refractivity contribution >= 4 is 11.4 Å². The Morgan fingerprint density at radius 1 is 1.26 bits per heavy atom. The molecule has 1 aromatic rings. The van der Waals surface area contributed by atoms with E-state index in [0.717, 1.165) is 12.1 Å². The third kappa shape index (κ3) is 4.59. The molecule has 0 fully saturated rings. The van der Waals surface area contributed by atoms with Gasteiger partial charge in [-0.2, -0.15) is 0 Å². The van der Waals surface area contributed by atoms with Gasteiger partial charge in [0.25, 0.3) is 0 Å². The molecule has 1 aromatic carbocycles. The van der Waals surface area contributed by atoms with E-state index in [-0.39, 0.29) is 5.75 Å². The lowest BCUT2D eigenvalue weighted by Gasteiger charge is -2.22. The normalized spacial score (nSPS) is 10.5. The first-order chi connectivity index (χ1) is 9.10.